The van der Waals surface area contributed by atoms with Crippen molar-refractivity contribution in [2.75, 3.05) is 52.9 Å². The van der Waals surface area contributed by atoms with Gasteiger partial charge in [0.05, 0.1) is 39.6 Å². The first-order chi connectivity index (χ1) is 10.3. The molecule has 0 radical (unpaired) electrons. The van der Waals surface area contributed by atoms with Gasteiger partial charge in [-0.15, -0.1) is 0 Å². The van der Waals surface area contributed by atoms with Crippen LogP contribution in [0.1, 0.15) is 52.9 Å². The van der Waals surface area contributed by atoms with Gasteiger partial charge in [-0.2, -0.15) is 0 Å². The Morgan fingerprint density at radius 3 is 1.67 bits per heavy atom. The van der Waals surface area contributed by atoms with Crippen LogP contribution in [0.4, 0.5) is 0 Å². The maximum atomic E-state index is 5.50. The van der Waals surface area contributed by atoms with Crippen molar-refractivity contribution in [2.45, 2.75) is 52.9 Å². The van der Waals surface area contributed by atoms with Crippen LogP contribution in [-0.4, -0.2) is 52.9 Å². The third-order valence-corrected chi connectivity index (χ3v) is 3.36. The fourth-order valence-electron chi connectivity index (χ4n) is 1.69. The number of ether oxygens (including phenoxy) is 4. The van der Waals surface area contributed by atoms with E-state index >= 15 is 0 Å². The van der Waals surface area contributed by atoms with E-state index in [4.69, 9.17) is 18.9 Å². The molecule has 21 heavy (non-hydrogen) atoms. The highest BCUT2D eigenvalue weighted by Gasteiger charge is 1.98. The smallest absolute Gasteiger partial charge is 0.0701 e. The Kier molecular flexibility index (Phi) is 17.8. The molecule has 0 heterocycles. The molecule has 0 aliphatic carbocycles. The Morgan fingerprint density at radius 2 is 1.14 bits per heavy atom. The summed E-state index contributed by atoms with van der Waals surface area (Å²) >= 11 is 0. The molecule has 4 heteroatoms. The fraction of sp³-hybridized carbons (Fsp3) is 1.00. The van der Waals surface area contributed by atoms with Gasteiger partial charge < -0.3 is 18.9 Å². The molecular formula is C17H36O4. The molecule has 0 aliphatic heterocycles. The third kappa shape index (κ3) is 17.8. The summed E-state index contributed by atoms with van der Waals surface area (Å²) in [5.74, 6) is 0.635. The van der Waals surface area contributed by atoms with Gasteiger partial charge in [-0.3, -0.25) is 0 Å². The molecular weight excluding hydrogens is 268 g/mol. The Morgan fingerprint density at radius 1 is 0.619 bits per heavy atom. The molecule has 0 fully saturated rings. The highest BCUT2D eigenvalue weighted by Crippen LogP contribution is 2.00. The summed E-state index contributed by atoms with van der Waals surface area (Å²) in [7, 11) is 0. The van der Waals surface area contributed by atoms with Gasteiger partial charge in [0.1, 0.15) is 0 Å². The summed E-state index contributed by atoms with van der Waals surface area (Å²) in [4.78, 5) is 0. The van der Waals surface area contributed by atoms with Crippen LogP contribution in [0.25, 0.3) is 0 Å². The lowest BCUT2D eigenvalue weighted by Gasteiger charge is -2.10. The summed E-state index contributed by atoms with van der Waals surface area (Å²) in [5.41, 5.74) is 0. The Hall–Kier alpha value is -0.160. The normalized spacial score (nSPS) is 12.7. The molecule has 0 bridgehead atoms. The Labute approximate surface area is 131 Å². The molecule has 0 aromatic rings. The minimum atomic E-state index is 0.628. The molecule has 0 aromatic heterocycles. The van der Waals surface area contributed by atoms with E-state index in [0.29, 0.717) is 45.6 Å². The van der Waals surface area contributed by atoms with Crippen molar-refractivity contribution in [3.8, 4) is 0 Å². The Balaban J connectivity index is 2.96. The molecule has 1 unspecified atom stereocenters. The van der Waals surface area contributed by atoms with Crippen LogP contribution >= 0.6 is 0 Å². The van der Waals surface area contributed by atoms with Crippen molar-refractivity contribution in [3.05, 3.63) is 0 Å². The molecule has 0 rings (SSSR count). The van der Waals surface area contributed by atoms with E-state index < -0.39 is 0 Å². The number of unbranched alkanes of at least 4 members (excludes halogenated alkanes) is 3. The van der Waals surface area contributed by atoms with Crippen LogP contribution in [0, 0.1) is 5.92 Å². The lowest BCUT2D eigenvalue weighted by atomic mass is 10.1. The summed E-state index contributed by atoms with van der Waals surface area (Å²) < 4.78 is 21.9. The van der Waals surface area contributed by atoms with Crippen molar-refractivity contribution in [1.82, 2.24) is 0 Å². The molecule has 0 aliphatic rings. The van der Waals surface area contributed by atoms with Crippen molar-refractivity contribution < 1.29 is 18.9 Å². The molecule has 128 valence electrons. The standard InChI is InChI=1S/C17H36O4/c1-4-6-7-8-9-18-10-11-19-12-13-20-14-15-21-16-17(3)5-2/h17H,4-16H2,1-3H3. The van der Waals surface area contributed by atoms with E-state index in [1.54, 1.807) is 0 Å². The van der Waals surface area contributed by atoms with Crippen molar-refractivity contribution >= 4 is 0 Å². The molecule has 0 saturated carbocycles. The van der Waals surface area contributed by atoms with Crippen LogP contribution in [0.2, 0.25) is 0 Å². The largest absolute Gasteiger partial charge is 0.379 e. The van der Waals surface area contributed by atoms with Gasteiger partial charge >= 0.3 is 0 Å². The van der Waals surface area contributed by atoms with Crippen LogP contribution in [0.3, 0.4) is 0 Å². The van der Waals surface area contributed by atoms with Gasteiger partial charge in [0.15, 0.2) is 0 Å². The van der Waals surface area contributed by atoms with Crippen molar-refractivity contribution in [2.24, 2.45) is 5.92 Å². The molecule has 1 atom stereocenters. The fourth-order valence-corrected chi connectivity index (χ4v) is 1.69. The van der Waals surface area contributed by atoms with Crippen LogP contribution in [0.15, 0.2) is 0 Å². The van der Waals surface area contributed by atoms with Gasteiger partial charge in [-0.05, 0) is 12.3 Å². The number of rotatable bonds is 17. The van der Waals surface area contributed by atoms with Crippen LogP contribution in [0.5, 0.6) is 0 Å². The lowest BCUT2D eigenvalue weighted by Crippen LogP contribution is -2.13. The van der Waals surface area contributed by atoms with Crippen molar-refractivity contribution in [1.29, 1.82) is 0 Å². The molecule has 0 spiro atoms. The number of hydrogen-bond acceptors (Lipinski definition) is 4. The van der Waals surface area contributed by atoms with E-state index in [9.17, 15) is 0 Å². The first-order valence-electron chi connectivity index (χ1n) is 8.62. The minimum absolute atomic E-state index is 0.628. The molecule has 0 amide bonds. The van der Waals surface area contributed by atoms with Gasteiger partial charge in [0.25, 0.3) is 0 Å². The highest BCUT2D eigenvalue weighted by atomic mass is 16.6. The summed E-state index contributed by atoms with van der Waals surface area (Å²) in [6.07, 6.45) is 6.16. The SMILES string of the molecule is CCCCCCOCCOCCOCCOCC(C)CC. The Bertz CT molecular complexity index is 188. The molecule has 0 aromatic carbocycles. The quantitative estimate of drug-likeness (QED) is 0.384. The zero-order valence-electron chi connectivity index (χ0n) is 14.4. The van der Waals surface area contributed by atoms with Gasteiger partial charge in [-0.1, -0.05) is 46.5 Å². The predicted molar refractivity (Wildman–Crippen MR) is 86.9 cm³/mol. The van der Waals surface area contributed by atoms with E-state index in [2.05, 4.69) is 20.8 Å². The van der Waals surface area contributed by atoms with Gasteiger partial charge in [-0.25, -0.2) is 0 Å². The van der Waals surface area contributed by atoms with E-state index in [0.717, 1.165) is 26.1 Å². The first kappa shape index (κ1) is 20.8. The van der Waals surface area contributed by atoms with Crippen LogP contribution < -0.4 is 0 Å². The number of hydrogen-bond donors (Lipinski definition) is 0. The monoisotopic (exact) mass is 304 g/mol. The van der Waals surface area contributed by atoms with E-state index in [-0.39, 0.29) is 0 Å². The van der Waals surface area contributed by atoms with Crippen molar-refractivity contribution in [3.63, 3.8) is 0 Å². The molecule has 0 N–H and O–H groups in total. The van der Waals surface area contributed by atoms with Gasteiger partial charge in [0, 0.05) is 13.2 Å². The lowest BCUT2D eigenvalue weighted by molar-refractivity contribution is -0.00562. The topological polar surface area (TPSA) is 36.9 Å². The third-order valence-electron chi connectivity index (χ3n) is 3.36. The summed E-state index contributed by atoms with van der Waals surface area (Å²) in [6, 6.07) is 0. The predicted octanol–water partition coefficient (Wildman–Crippen LogP) is 3.68. The first-order valence-corrected chi connectivity index (χ1v) is 8.62. The highest BCUT2D eigenvalue weighted by molar-refractivity contribution is 4.46. The average molecular weight is 304 g/mol. The molecule has 0 saturated heterocycles. The van der Waals surface area contributed by atoms with Crippen LogP contribution in [-0.2, 0) is 18.9 Å². The minimum Gasteiger partial charge on any atom is -0.379 e. The average Bonchev–Trinajstić information content (AvgIpc) is 2.50. The van der Waals surface area contributed by atoms with E-state index in [1.165, 1.54) is 19.3 Å². The maximum Gasteiger partial charge on any atom is 0.0701 e. The zero-order chi connectivity index (χ0) is 15.6. The molecule has 4 nitrogen and oxygen atoms in total. The summed E-state index contributed by atoms with van der Waals surface area (Å²) in [6.45, 7) is 12.2. The summed E-state index contributed by atoms with van der Waals surface area (Å²) in [5, 5.41) is 0. The zero-order valence-corrected chi connectivity index (χ0v) is 14.4. The second kappa shape index (κ2) is 17.9. The second-order valence-electron chi connectivity index (χ2n) is 5.49. The van der Waals surface area contributed by atoms with E-state index in [1.807, 2.05) is 0 Å². The van der Waals surface area contributed by atoms with Gasteiger partial charge in [0.2, 0.25) is 0 Å². The second-order valence-corrected chi connectivity index (χ2v) is 5.49. The maximum absolute atomic E-state index is 5.50.